The summed E-state index contributed by atoms with van der Waals surface area (Å²) in [5.41, 5.74) is 7.13. The number of benzene rings is 1. The van der Waals surface area contributed by atoms with Crippen LogP contribution in [-0.2, 0) is 7.05 Å². The summed E-state index contributed by atoms with van der Waals surface area (Å²) in [5.74, 6) is 0.925. The van der Waals surface area contributed by atoms with E-state index in [0.29, 0.717) is 22.7 Å². The lowest BCUT2D eigenvalue weighted by atomic mass is 10.1. The molecule has 0 aliphatic carbocycles. The number of nitrogens with zero attached hydrogens (tertiary/aromatic N) is 2. The van der Waals surface area contributed by atoms with Gasteiger partial charge in [0.1, 0.15) is 5.82 Å². The molecule has 1 heterocycles. The number of phenolic OH excluding ortho intramolecular Hbond substituents is 1. The summed E-state index contributed by atoms with van der Waals surface area (Å²) in [7, 11) is 3.24. The summed E-state index contributed by atoms with van der Waals surface area (Å²) in [6, 6.07) is 3.45. The van der Waals surface area contributed by atoms with Crippen molar-refractivity contribution < 1.29 is 9.84 Å². The summed E-state index contributed by atoms with van der Waals surface area (Å²) in [4.78, 5) is 0. The van der Waals surface area contributed by atoms with Crippen LogP contribution < -0.4 is 10.5 Å². The minimum atomic E-state index is 0.0513. The lowest BCUT2D eigenvalue weighted by Crippen LogP contribution is -1.98. The van der Waals surface area contributed by atoms with Crippen molar-refractivity contribution in [3.63, 3.8) is 0 Å². The number of aromatic nitrogens is 2. The number of hydrogen-bond donors (Lipinski definition) is 2. The zero-order valence-corrected chi connectivity index (χ0v) is 11.0. The first-order valence-electron chi connectivity index (χ1n) is 4.89. The van der Waals surface area contributed by atoms with Gasteiger partial charge in [-0.15, -0.1) is 0 Å². The molecular formula is C11H12BrN3O2. The van der Waals surface area contributed by atoms with Crippen molar-refractivity contribution in [2.45, 2.75) is 0 Å². The molecule has 5 nitrogen and oxygen atoms in total. The van der Waals surface area contributed by atoms with Crippen molar-refractivity contribution in [1.29, 1.82) is 0 Å². The van der Waals surface area contributed by atoms with Gasteiger partial charge in [0.2, 0.25) is 0 Å². The fourth-order valence-corrected chi connectivity index (χ4v) is 2.03. The maximum atomic E-state index is 10.1. The molecule has 0 atom stereocenters. The predicted molar refractivity (Wildman–Crippen MR) is 69.0 cm³/mol. The molecule has 0 fully saturated rings. The Kier molecular flexibility index (Phi) is 2.97. The summed E-state index contributed by atoms with van der Waals surface area (Å²) >= 11 is 3.36. The van der Waals surface area contributed by atoms with Crippen LogP contribution in [0.3, 0.4) is 0 Å². The summed E-state index contributed by atoms with van der Waals surface area (Å²) in [6.45, 7) is 0. The fourth-order valence-electron chi connectivity index (χ4n) is 1.59. The van der Waals surface area contributed by atoms with Gasteiger partial charge in [0.25, 0.3) is 0 Å². The monoisotopic (exact) mass is 297 g/mol. The molecule has 2 rings (SSSR count). The maximum absolute atomic E-state index is 10.1. The first-order valence-corrected chi connectivity index (χ1v) is 5.68. The van der Waals surface area contributed by atoms with E-state index in [2.05, 4.69) is 21.0 Å². The third kappa shape index (κ3) is 1.95. The van der Waals surface area contributed by atoms with Crippen LogP contribution in [-0.4, -0.2) is 22.0 Å². The standard InChI is InChI=1S/C11H12BrN3O2/c1-15-11(13)8(5-14-15)7-3-6(12)4-9(17-2)10(7)16/h3-5,16H,13H2,1-2H3. The molecule has 0 aliphatic heterocycles. The highest BCUT2D eigenvalue weighted by Crippen LogP contribution is 2.41. The van der Waals surface area contributed by atoms with E-state index in [4.69, 9.17) is 10.5 Å². The highest BCUT2D eigenvalue weighted by atomic mass is 79.9. The number of nitrogen functional groups attached to an aromatic ring is 1. The predicted octanol–water partition coefficient (Wildman–Crippen LogP) is 2.15. The molecule has 0 bridgehead atoms. The van der Waals surface area contributed by atoms with Gasteiger partial charge in [0, 0.05) is 22.6 Å². The number of aromatic hydroxyl groups is 1. The molecule has 0 radical (unpaired) electrons. The van der Waals surface area contributed by atoms with Gasteiger partial charge in [-0.1, -0.05) is 15.9 Å². The van der Waals surface area contributed by atoms with Crippen LogP contribution in [0.1, 0.15) is 0 Å². The van der Waals surface area contributed by atoms with Gasteiger partial charge >= 0.3 is 0 Å². The number of halogens is 1. The highest BCUT2D eigenvalue weighted by Gasteiger charge is 2.16. The summed E-state index contributed by atoms with van der Waals surface area (Å²) in [5, 5.41) is 14.1. The number of methoxy groups -OCH3 is 1. The van der Waals surface area contributed by atoms with Crippen LogP contribution in [0, 0.1) is 0 Å². The number of aryl methyl sites for hydroxylation is 1. The van der Waals surface area contributed by atoms with Crippen LogP contribution in [0.15, 0.2) is 22.8 Å². The van der Waals surface area contributed by atoms with E-state index in [9.17, 15) is 5.11 Å². The van der Waals surface area contributed by atoms with E-state index in [0.717, 1.165) is 4.47 Å². The minimum absolute atomic E-state index is 0.0513. The summed E-state index contributed by atoms with van der Waals surface area (Å²) in [6.07, 6.45) is 1.61. The lowest BCUT2D eigenvalue weighted by Gasteiger charge is -2.09. The molecule has 3 N–H and O–H groups in total. The Morgan fingerprint density at radius 3 is 2.65 bits per heavy atom. The average molecular weight is 298 g/mol. The Morgan fingerprint density at radius 2 is 2.12 bits per heavy atom. The van der Waals surface area contributed by atoms with Gasteiger partial charge in [0.15, 0.2) is 11.5 Å². The lowest BCUT2D eigenvalue weighted by molar-refractivity contribution is 0.374. The van der Waals surface area contributed by atoms with E-state index >= 15 is 0 Å². The summed E-state index contributed by atoms with van der Waals surface area (Å²) < 4.78 is 7.43. The molecule has 17 heavy (non-hydrogen) atoms. The van der Waals surface area contributed by atoms with Gasteiger partial charge in [-0.05, 0) is 12.1 Å². The van der Waals surface area contributed by atoms with Crippen LogP contribution in [0.2, 0.25) is 0 Å². The van der Waals surface area contributed by atoms with Crippen molar-refractivity contribution >= 4 is 21.7 Å². The number of nitrogens with two attached hydrogens (primary N) is 1. The van der Waals surface area contributed by atoms with E-state index in [-0.39, 0.29) is 5.75 Å². The van der Waals surface area contributed by atoms with E-state index in [1.54, 1.807) is 30.1 Å². The Morgan fingerprint density at radius 1 is 1.41 bits per heavy atom. The second kappa shape index (κ2) is 4.29. The van der Waals surface area contributed by atoms with Crippen molar-refractivity contribution in [2.24, 2.45) is 7.05 Å². The number of phenols is 1. The Balaban J connectivity index is 2.67. The number of ether oxygens (including phenoxy) is 1. The van der Waals surface area contributed by atoms with Crippen LogP contribution in [0.25, 0.3) is 11.1 Å². The topological polar surface area (TPSA) is 73.3 Å². The van der Waals surface area contributed by atoms with E-state index in [1.165, 1.54) is 7.11 Å². The third-order valence-corrected chi connectivity index (χ3v) is 2.99. The van der Waals surface area contributed by atoms with E-state index in [1.807, 2.05) is 0 Å². The molecule has 0 aliphatic rings. The van der Waals surface area contributed by atoms with Crippen molar-refractivity contribution in [3.05, 3.63) is 22.8 Å². The fraction of sp³-hybridized carbons (Fsp3) is 0.182. The molecule has 0 amide bonds. The van der Waals surface area contributed by atoms with E-state index < -0.39 is 0 Å². The van der Waals surface area contributed by atoms with Crippen LogP contribution in [0.5, 0.6) is 11.5 Å². The SMILES string of the molecule is COc1cc(Br)cc(-c2cnn(C)c2N)c1O. The Bertz CT molecular complexity index is 566. The highest BCUT2D eigenvalue weighted by molar-refractivity contribution is 9.10. The van der Waals surface area contributed by atoms with Gasteiger partial charge in [-0.2, -0.15) is 5.10 Å². The third-order valence-electron chi connectivity index (χ3n) is 2.53. The Hall–Kier alpha value is -1.69. The maximum Gasteiger partial charge on any atom is 0.165 e. The first kappa shape index (κ1) is 11.8. The molecule has 6 heteroatoms. The second-order valence-corrected chi connectivity index (χ2v) is 4.49. The smallest absolute Gasteiger partial charge is 0.165 e. The molecular weight excluding hydrogens is 286 g/mol. The molecule has 0 saturated heterocycles. The normalized spacial score (nSPS) is 10.5. The number of hydrogen-bond acceptors (Lipinski definition) is 4. The van der Waals surface area contributed by atoms with Crippen LogP contribution in [0.4, 0.5) is 5.82 Å². The van der Waals surface area contributed by atoms with Gasteiger partial charge < -0.3 is 15.6 Å². The van der Waals surface area contributed by atoms with Gasteiger partial charge in [-0.3, -0.25) is 4.68 Å². The van der Waals surface area contributed by atoms with Crippen LogP contribution >= 0.6 is 15.9 Å². The van der Waals surface area contributed by atoms with Gasteiger partial charge in [0.05, 0.1) is 13.3 Å². The van der Waals surface area contributed by atoms with Gasteiger partial charge in [-0.25, -0.2) is 0 Å². The molecule has 2 aromatic rings. The second-order valence-electron chi connectivity index (χ2n) is 3.57. The number of rotatable bonds is 2. The zero-order valence-electron chi connectivity index (χ0n) is 9.44. The quantitative estimate of drug-likeness (QED) is 0.891. The largest absolute Gasteiger partial charge is 0.504 e. The van der Waals surface area contributed by atoms with Crippen molar-refractivity contribution in [1.82, 2.24) is 9.78 Å². The van der Waals surface area contributed by atoms with Crippen molar-refractivity contribution in [2.75, 3.05) is 12.8 Å². The average Bonchev–Trinajstić information content (AvgIpc) is 2.63. The van der Waals surface area contributed by atoms with Crippen molar-refractivity contribution in [3.8, 4) is 22.6 Å². The first-order chi connectivity index (χ1) is 8.04. The molecule has 1 aromatic heterocycles. The molecule has 0 saturated carbocycles. The minimum Gasteiger partial charge on any atom is -0.504 e. The Labute approximate surface area is 107 Å². The molecule has 90 valence electrons. The molecule has 0 spiro atoms. The number of anilines is 1. The molecule has 0 unspecified atom stereocenters. The zero-order chi connectivity index (χ0) is 12.6. The molecule has 1 aromatic carbocycles.